The minimum atomic E-state index is 0.801. The van der Waals surface area contributed by atoms with Crippen LogP contribution in [0.2, 0.25) is 0 Å². The Morgan fingerprint density at radius 3 is 2.24 bits per heavy atom. The molecule has 38 heavy (non-hydrogen) atoms. The molecule has 2 heteroatoms. The van der Waals surface area contributed by atoms with Crippen molar-refractivity contribution < 1.29 is 0 Å². The Labute approximate surface area is 227 Å². The smallest absolute Gasteiger partial charge is 0.0421 e. The second-order valence-electron chi connectivity index (χ2n) is 9.73. The molecule has 182 valence electrons. The summed E-state index contributed by atoms with van der Waals surface area (Å²) in [6, 6.07) is 43.9. The molecule has 6 aromatic rings. The highest BCUT2D eigenvalue weighted by Crippen LogP contribution is 2.38. The van der Waals surface area contributed by atoms with Gasteiger partial charge in [-0.2, -0.15) is 0 Å². The second kappa shape index (κ2) is 9.81. The van der Waals surface area contributed by atoms with Gasteiger partial charge in [0, 0.05) is 38.1 Å². The highest BCUT2D eigenvalue weighted by molar-refractivity contribution is 7.25. The van der Waals surface area contributed by atoms with Gasteiger partial charge >= 0.3 is 0 Å². The lowest BCUT2D eigenvalue weighted by atomic mass is 9.92. The SMILES string of the molecule is C1=Cc2ccccc2/C(=C/CN(c2ccc(-c3ccccc3)cc2)c2ccc3sc4ccccc4c3c2)C1. The van der Waals surface area contributed by atoms with E-state index in [2.05, 4.69) is 144 Å². The van der Waals surface area contributed by atoms with Crippen LogP contribution in [0.15, 0.2) is 133 Å². The number of allylic oxidation sites excluding steroid dienone is 2. The molecule has 1 aliphatic rings. The van der Waals surface area contributed by atoms with Crippen LogP contribution >= 0.6 is 11.3 Å². The minimum Gasteiger partial charge on any atom is -0.338 e. The van der Waals surface area contributed by atoms with Crippen LogP contribution in [-0.4, -0.2) is 6.54 Å². The summed E-state index contributed by atoms with van der Waals surface area (Å²) in [7, 11) is 0. The van der Waals surface area contributed by atoms with Crippen molar-refractivity contribution in [1.29, 1.82) is 0 Å². The minimum absolute atomic E-state index is 0.801. The molecule has 1 aliphatic carbocycles. The largest absolute Gasteiger partial charge is 0.338 e. The zero-order valence-corrected chi connectivity index (χ0v) is 21.9. The van der Waals surface area contributed by atoms with Crippen LogP contribution in [0.25, 0.3) is 42.9 Å². The summed E-state index contributed by atoms with van der Waals surface area (Å²) in [4.78, 5) is 2.44. The Morgan fingerprint density at radius 2 is 1.34 bits per heavy atom. The predicted octanol–water partition coefficient (Wildman–Crippen LogP) is 10.4. The number of anilines is 2. The summed E-state index contributed by atoms with van der Waals surface area (Å²) >= 11 is 1.87. The van der Waals surface area contributed by atoms with Gasteiger partial charge in [0.1, 0.15) is 0 Å². The first-order chi connectivity index (χ1) is 18.8. The maximum Gasteiger partial charge on any atom is 0.0421 e. The van der Waals surface area contributed by atoms with E-state index >= 15 is 0 Å². The molecule has 0 saturated carbocycles. The van der Waals surface area contributed by atoms with Gasteiger partial charge in [0.05, 0.1) is 0 Å². The Hall–Kier alpha value is -4.40. The lowest BCUT2D eigenvalue weighted by Crippen LogP contribution is -2.17. The van der Waals surface area contributed by atoms with Gasteiger partial charge in [0.25, 0.3) is 0 Å². The van der Waals surface area contributed by atoms with Crippen molar-refractivity contribution in [3.8, 4) is 11.1 Å². The molecule has 0 saturated heterocycles. The number of thiophene rings is 1. The van der Waals surface area contributed by atoms with Crippen molar-refractivity contribution in [1.82, 2.24) is 0 Å². The summed E-state index contributed by atoms with van der Waals surface area (Å²) in [6.07, 6.45) is 7.88. The normalized spacial score (nSPS) is 13.7. The topological polar surface area (TPSA) is 3.24 Å². The van der Waals surface area contributed by atoms with Crippen LogP contribution in [0.1, 0.15) is 17.5 Å². The maximum atomic E-state index is 2.44. The average molecular weight is 506 g/mol. The molecule has 0 atom stereocenters. The lowest BCUT2D eigenvalue weighted by Gasteiger charge is -2.25. The first kappa shape index (κ1) is 22.8. The molecule has 0 bridgehead atoms. The molecule has 0 N–H and O–H groups in total. The van der Waals surface area contributed by atoms with E-state index in [0.717, 1.165) is 13.0 Å². The van der Waals surface area contributed by atoms with Crippen molar-refractivity contribution >= 4 is 54.5 Å². The summed E-state index contributed by atoms with van der Waals surface area (Å²) in [5, 5.41) is 2.66. The van der Waals surface area contributed by atoms with Crippen molar-refractivity contribution in [3.63, 3.8) is 0 Å². The molecule has 7 rings (SSSR count). The average Bonchev–Trinajstić information content (AvgIpc) is 3.36. The molecular formula is C36H27NS. The quantitative estimate of drug-likeness (QED) is 0.225. The first-order valence-corrected chi connectivity index (χ1v) is 13.9. The fourth-order valence-corrected chi connectivity index (χ4v) is 6.55. The zero-order valence-electron chi connectivity index (χ0n) is 21.0. The third kappa shape index (κ3) is 4.23. The highest BCUT2D eigenvalue weighted by atomic mass is 32.1. The van der Waals surface area contributed by atoms with Gasteiger partial charge in [-0.1, -0.05) is 103 Å². The van der Waals surface area contributed by atoms with E-state index in [1.54, 1.807) is 0 Å². The second-order valence-corrected chi connectivity index (χ2v) is 10.8. The molecule has 0 radical (unpaired) electrons. The van der Waals surface area contributed by atoms with Gasteiger partial charge in [-0.15, -0.1) is 11.3 Å². The summed E-state index contributed by atoms with van der Waals surface area (Å²) in [5.41, 5.74) is 8.91. The standard InChI is InChI=1S/C36H27NS/c1-2-9-26(10-3-1)27-17-19-30(20-18-27)37(24-23-29-13-8-12-28-11-4-5-14-32(28)29)31-21-22-36-34(25-31)33-15-6-7-16-35(33)38-36/h1-12,14-23,25H,13,24H2/b29-23+. The maximum absolute atomic E-state index is 2.44. The van der Waals surface area contributed by atoms with Crippen LogP contribution in [0.5, 0.6) is 0 Å². The Balaban J connectivity index is 1.31. The van der Waals surface area contributed by atoms with Crippen LogP contribution < -0.4 is 4.90 Å². The Bertz CT molecular complexity index is 1810. The van der Waals surface area contributed by atoms with Crippen molar-refractivity contribution in [2.24, 2.45) is 0 Å². The fraction of sp³-hybridized carbons (Fsp3) is 0.0556. The molecular weight excluding hydrogens is 478 g/mol. The number of rotatable bonds is 5. The fourth-order valence-electron chi connectivity index (χ4n) is 5.46. The van der Waals surface area contributed by atoms with Gasteiger partial charge in [-0.05, 0) is 70.6 Å². The molecule has 0 spiro atoms. The van der Waals surface area contributed by atoms with Crippen molar-refractivity contribution in [2.45, 2.75) is 6.42 Å². The third-order valence-electron chi connectivity index (χ3n) is 7.42. The first-order valence-electron chi connectivity index (χ1n) is 13.1. The van der Waals surface area contributed by atoms with E-state index in [-0.39, 0.29) is 0 Å². The number of hydrogen-bond donors (Lipinski definition) is 0. The van der Waals surface area contributed by atoms with E-state index in [9.17, 15) is 0 Å². The Morgan fingerprint density at radius 1 is 0.632 bits per heavy atom. The monoisotopic (exact) mass is 505 g/mol. The molecule has 0 fully saturated rings. The molecule has 1 heterocycles. The van der Waals surface area contributed by atoms with Gasteiger partial charge in [0.2, 0.25) is 0 Å². The zero-order chi connectivity index (χ0) is 25.3. The summed E-state index contributed by atoms with van der Waals surface area (Å²) in [5.74, 6) is 0. The predicted molar refractivity (Wildman–Crippen MR) is 166 cm³/mol. The lowest BCUT2D eigenvalue weighted by molar-refractivity contribution is 1.09. The summed E-state index contributed by atoms with van der Waals surface area (Å²) < 4.78 is 2.67. The van der Waals surface area contributed by atoms with Crippen molar-refractivity contribution in [3.05, 3.63) is 145 Å². The van der Waals surface area contributed by atoms with Crippen LogP contribution in [0.3, 0.4) is 0 Å². The van der Waals surface area contributed by atoms with Crippen LogP contribution in [-0.2, 0) is 0 Å². The molecule has 0 amide bonds. The van der Waals surface area contributed by atoms with E-state index in [1.807, 2.05) is 11.3 Å². The highest BCUT2D eigenvalue weighted by Gasteiger charge is 2.14. The number of hydrogen-bond acceptors (Lipinski definition) is 2. The molecule has 1 nitrogen and oxygen atoms in total. The van der Waals surface area contributed by atoms with E-state index < -0.39 is 0 Å². The van der Waals surface area contributed by atoms with Gasteiger partial charge < -0.3 is 4.90 Å². The van der Waals surface area contributed by atoms with E-state index in [4.69, 9.17) is 0 Å². The van der Waals surface area contributed by atoms with Gasteiger partial charge in [0.15, 0.2) is 0 Å². The Kier molecular flexibility index (Phi) is 5.88. The molecule has 1 aromatic heterocycles. The molecule has 0 aliphatic heterocycles. The van der Waals surface area contributed by atoms with Crippen LogP contribution in [0, 0.1) is 0 Å². The number of nitrogens with zero attached hydrogens (tertiary/aromatic N) is 1. The van der Waals surface area contributed by atoms with Gasteiger partial charge in [-0.25, -0.2) is 0 Å². The van der Waals surface area contributed by atoms with Gasteiger partial charge in [-0.3, -0.25) is 0 Å². The number of benzene rings is 5. The van der Waals surface area contributed by atoms with Crippen molar-refractivity contribution in [2.75, 3.05) is 11.4 Å². The number of fused-ring (bicyclic) bond motifs is 4. The van der Waals surface area contributed by atoms with E-state index in [0.29, 0.717) is 0 Å². The van der Waals surface area contributed by atoms with Crippen LogP contribution in [0.4, 0.5) is 11.4 Å². The summed E-state index contributed by atoms with van der Waals surface area (Å²) in [6.45, 7) is 0.801. The van der Waals surface area contributed by atoms with E-state index in [1.165, 1.54) is 59.4 Å². The third-order valence-corrected chi connectivity index (χ3v) is 8.57. The molecule has 0 unspecified atom stereocenters. The molecule has 5 aromatic carbocycles.